The van der Waals surface area contributed by atoms with Crippen molar-refractivity contribution in [1.29, 1.82) is 0 Å². The molecular weight excluding hydrogens is 336 g/mol. The van der Waals surface area contributed by atoms with E-state index in [1.54, 1.807) is 18.2 Å². The molecule has 7 heteroatoms. The number of nitro groups is 1. The second-order valence-corrected chi connectivity index (χ2v) is 5.56. The summed E-state index contributed by atoms with van der Waals surface area (Å²) in [5.74, 6) is 5.34. The van der Waals surface area contributed by atoms with Gasteiger partial charge in [0.15, 0.2) is 0 Å². The van der Waals surface area contributed by atoms with Crippen LogP contribution in [-0.4, -0.2) is 4.92 Å². The third-order valence-electron chi connectivity index (χ3n) is 3.13. The fourth-order valence-electron chi connectivity index (χ4n) is 2.20. The Kier molecular flexibility index (Phi) is 4.44. The number of benzene rings is 2. The Morgan fingerprint density at radius 3 is 2.29 bits per heavy atom. The Balaban J connectivity index is 2.52. The summed E-state index contributed by atoms with van der Waals surface area (Å²) in [5, 5.41) is 14.4. The van der Waals surface area contributed by atoms with Crippen LogP contribution in [0.4, 0.5) is 22.7 Å². The fourth-order valence-corrected chi connectivity index (χ4v) is 2.89. The summed E-state index contributed by atoms with van der Waals surface area (Å²) < 4.78 is 0.968. The molecule has 0 saturated carbocycles. The van der Waals surface area contributed by atoms with Crippen LogP contribution < -0.4 is 16.6 Å². The van der Waals surface area contributed by atoms with Crippen LogP contribution in [0.1, 0.15) is 11.1 Å². The van der Waals surface area contributed by atoms with Crippen molar-refractivity contribution in [3.05, 3.63) is 56.0 Å². The number of hydrogen-bond donors (Lipinski definition) is 3. The first-order valence-electron chi connectivity index (χ1n) is 6.22. The minimum atomic E-state index is -0.457. The summed E-state index contributed by atoms with van der Waals surface area (Å²) in [6.45, 7) is 3.88. The maximum atomic E-state index is 11.3. The quantitative estimate of drug-likeness (QED) is 0.440. The molecule has 0 radical (unpaired) electrons. The molecule has 110 valence electrons. The zero-order chi connectivity index (χ0) is 15.6. The van der Waals surface area contributed by atoms with Gasteiger partial charge < -0.3 is 10.7 Å². The number of hydrogen-bond acceptors (Lipinski definition) is 5. The largest absolute Gasteiger partial charge is 0.349 e. The van der Waals surface area contributed by atoms with Gasteiger partial charge in [0.25, 0.3) is 0 Å². The molecule has 6 nitrogen and oxygen atoms in total. The molecule has 0 heterocycles. The average molecular weight is 351 g/mol. The molecule has 0 aromatic heterocycles. The Hall–Kier alpha value is -2.12. The average Bonchev–Trinajstić information content (AvgIpc) is 2.42. The van der Waals surface area contributed by atoms with E-state index in [2.05, 4.69) is 26.7 Å². The van der Waals surface area contributed by atoms with Gasteiger partial charge in [0.05, 0.1) is 4.92 Å². The maximum absolute atomic E-state index is 11.3. The standard InChI is InChI=1S/C14H15BrN4O2/c1-8-6-10(15)7-9(2)13(8)17-11-4-3-5-12(18-16)14(11)19(20)21/h3-7,17-18H,16H2,1-2H3. The van der Waals surface area contributed by atoms with Crippen LogP contribution in [0.25, 0.3) is 0 Å². The molecule has 0 atom stereocenters. The predicted octanol–water partition coefficient (Wildman–Crippen LogP) is 4.00. The second-order valence-electron chi connectivity index (χ2n) is 4.64. The van der Waals surface area contributed by atoms with E-state index in [9.17, 15) is 10.1 Å². The van der Waals surface area contributed by atoms with Gasteiger partial charge in [0, 0.05) is 10.2 Å². The molecule has 0 unspecified atom stereocenters. The Bertz CT molecular complexity index is 680. The summed E-state index contributed by atoms with van der Waals surface area (Å²) in [6, 6.07) is 8.82. The minimum absolute atomic E-state index is 0.0817. The number of anilines is 3. The summed E-state index contributed by atoms with van der Waals surface area (Å²) in [7, 11) is 0. The van der Waals surface area contributed by atoms with Gasteiger partial charge in [-0.3, -0.25) is 16.0 Å². The summed E-state index contributed by atoms with van der Waals surface area (Å²) in [6.07, 6.45) is 0. The van der Waals surface area contributed by atoms with Crippen LogP contribution in [-0.2, 0) is 0 Å². The molecule has 21 heavy (non-hydrogen) atoms. The van der Waals surface area contributed by atoms with Crippen molar-refractivity contribution in [2.24, 2.45) is 5.84 Å². The smallest absolute Gasteiger partial charge is 0.316 e. The number of nitrogen functional groups attached to an aromatic ring is 1. The Morgan fingerprint density at radius 1 is 1.19 bits per heavy atom. The number of para-hydroxylation sites is 1. The minimum Gasteiger partial charge on any atom is -0.349 e. The third-order valence-corrected chi connectivity index (χ3v) is 3.59. The van der Waals surface area contributed by atoms with E-state index in [0.29, 0.717) is 5.69 Å². The number of aryl methyl sites for hydroxylation is 2. The van der Waals surface area contributed by atoms with Crippen molar-refractivity contribution in [3.8, 4) is 0 Å². The molecule has 0 spiro atoms. The number of nitrogens with one attached hydrogen (secondary N) is 2. The Morgan fingerprint density at radius 2 is 1.76 bits per heavy atom. The monoisotopic (exact) mass is 350 g/mol. The van der Waals surface area contributed by atoms with E-state index >= 15 is 0 Å². The number of nitrogens with two attached hydrogens (primary N) is 1. The molecule has 0 aliphatic carbocycles. The first-order valence-corrected chi connectivity index (χ1v) is 7.01. The first kappa shape index (κ1) is 15.3. The Labute approximate surface area is 130 Å². The lowest BCUT2D eigenvalue weighted by molar-refractivity contribution is -0.383. The van der Waals surface area contributed by atoms with E-state index in [1.165, 1.54) is 0 Å². The highest BCUT2D eigenvalue weighted by Crippen LogP contribution is 2.36. The van der Waals surface area contributed by atoms with E-state index in [-0.39, 0.29) is 11.4 Å². The normalized spacial score (nSPS) is 10.3. The van der Waals surface area contributed by atoms with E-state index < -0.39 is 4.92 Å². The molecule has 2 aromatic rings. The molecule has 0 fully saturated rings. The lowest BCUT2D eigenvalue weighted by Crippen LogP contribution is -2.10. The van der Waals surface area contributed by atoms with Crippen LogP contribution in [0.15, 0.2) is 34.8 Å². The zero-order valence-corrected chi connectivity index (χ0v) is 13.2. The van der Waals surface area contributed by atoms with Crippen LogP contribution in [0.2, 0.25) is 0 Å². The lowest BCUT2D eigenvalue weighted by Gasteiger charge is -2.14. The van der Waals surface area contributed by atoms with Gasteiger partial charge in [-0.05, 0) is 49.2 Å². The van der Waals surface area contributed by atoms with Gasteiger partial charge in [0.2, 0.25) is 0 Å². The summed E-state index contributed by atoms with van der Waals surface area (Å²) in [5.41, 5.74) is 5.74. The third kappa shape index (κ3) is 3.14. The number of rotatable bonds is 4. The van der Waals surface area contributed by atoms with Gasteiger partial charge >= 0.3 is 5.69 Å². The highest BCUT2D eigenvalue weighted by molar-refractivity contribution is 9.10. The zero-order valence-electron chi connectivity index (χ0n) is 11.6. The predicted molar refractivity (Wildman–Crippen MR) is 87.8 cm³/mol. The molecule has 2 rings (SSSR count). The SMILES string of the molecule is Cc1cc(Br)cc(C)c1Nc1cccc(NN)c1[N+](=O)[O-]. The first-order chi connectivity index (χ1) is 9.93. The van der Waals surface area contributed by atoms with Gasteiger partial charge in [-0.1, -0.05) is 22.0 Å². The highest BCUT2D eigenvalue weighted by atomic mass is 79.9. The molecule has 0 bridgehead atoms. The number of halogens is 1. The molecule has 0 aliphatic heterocycles. The van der Waals surface area contributed by atoms with E-state index in [4.69, 9.17) is 5.84 Å². The van der Waals surface area contributed by atoms with Crippen LogP contribution in [0.3, 0.4) is 0 Å². The van der Waals surface area contributed by atoms with Crippen molar-refractivity contribution in [3.63, 3.8) is 0 Å². The fraction of sp³-hybridized carbons (Fsp3) is 0.143. The number of nitrogens with zero attached hydrogens (tertiary/aromatic N) is 1. The topological polar surface area (TPSA) is 93.2 Å². The van der Waals surface area contributed by atoms with Crippen molar-refractivity contribution >= 4 is 38.7 Å². The van der Waals surface area contributed by atoms with Crippen molar-refractivity contribution in [2.45, 2.75) is 13.8 Å². The molecule has 4 N–H and O–H groups in total. The van der Waals surface area contributed by atoms with Gasteiger partial charge in [-0.25, -0.2) is 0 Å². The van der Waals surface area contributed by atoms with E-state index in [1.807, 2.05) is 26.0 Å². The van der Waals surface area contributed by atoms with Crippen molar-refractivity contribution in [1.82, 2.24) is 0 Å². The summed E-state index contributed by atoms with van der Waals surface area (Å²) >= 11 is 3.43. The molecule has 0 aliphatic rings. The highest BCUT2D eigenvalue weighted by Gasteiger charge is 2.20. The van der Waals surface area contributed by atoms with Gasteiger partial charge in [-0.15, -0.1) is 0 Å². The van der Waals surface area contributed by atoms with Gasteiger partial charge in [-0.2, -0.15) is 0 Å². The van der Waals surface area contributed by atoms with E-state index in [0.717, 1.165) is 21.3 Å². The van der Waals surface area contributed by atoms with Crippen LogP contribution >= 0.6 is 15.9 Å². The maximum Gasteiger partial charge on any atom is 0.316 e. The molecular formula is C14H15BrN4O2. The van der Waals surface area contributed by atoms with Crippen LogP contribution in [0, 0.1) is 24.0 Å². The molecule has 0 amide bonds. The molecule has 2 aromatic carbocycles. The van der Waals surface area contributed by atoms with Crippen molar-refractivity contribution < 1.29 is 4.92 Å². The second kappa shape index (κ2) is 6.11. The van der Waals surface area contributed by atoms with Gasteiger partial charge in [0.1, 0.15) is 11.4 Å². The summed E-state index contributed by atoms with van der Waals surface area (Å²) in [4.78, 5) is 10.8. The van der Waals surface area contributed by atoms with Crippen LogP contribution in [0.5, 0.6) is 0 Å². The number of nitro benzene ring substituents is 1. The lowest BCUT2D eigenvalue weighted by atomic mass is 10.1. The molecule has 0 saturated heterocycles. The number of hydrazine groups is 1. The van der Waals surface area contributed by atoms with Crippen molar-refractivity contribution in [2.75, 3.05) is 10.7 Å².